The van der Waals surface area contributed by atoms with E-state index in [1.165, 1.54) is 0 Å². The van der Waals surface area contributed by atoms with E-state index in [4.69, 9.17) is 9.47 Å². The van der Waals surface area contributed by atoms with Gasteiger partial charge in [0.25, 0.3) is 0 Å². The second kappa shape index (κ2) is 6.37. The van der Waals surface area contributed by atoms with E-state index in [2.05, 4.69) is 10.6 Å². The summed E-state index contributed by atoms with van der Waals surface area (Å²) in [7, 11) is 0. The molecule has 6 heteroatoms. The quantitative estimate of drug-likeness (QED) is 0.839. The van der Waals surface area contributed by atoms with E-state index >= 15 is 0 Å². The Labute approximate surface area is 145 Å². The molecule has 2 N–H and O–H groups in total. The van der Waals surface area contributed by atoms with Crippen LogP contribution in [0, 0.1) is 6.92 Å². The topological polar surface area (TPSA) is 59.6 Å². The summed E-state index contributed by atoms with van der Waals surface area (Å²) < 4.78 is 26.2. The molecule has 0 aromatic heterocycles. The van der Waals surface area contributed by atoms with Crippen LogP contribution in [0.25, 0.3) is 0 Å². The highest BCUT2D eigenvalue weighted by Crippen LogP contribution is 2.44. The molecule has 2 heterocycles. The van der Waals surface area contributed by atoms with Gasteiger partial charge in [0.15, 0.2) is 23.9 Å². The van der Waals surface area contributed by atoms with E-state index < -0.39 is 12.4 Å². The Hall–Kier alpha value is -2.60. The average Bonchev–Trinajstić information content (AvgIpc) is 3.03. The van der Waals surface area contributed by atoms with Gasteiger partial charge in [-0.05, 0) is 24.1 Å². The van der Waals surface area contributed by atoms with Crippen LogP contribution in [0.1, 0.15) is 16.7 Å². The maximum atomic E-state index is 14.6. The van der Waals surface area contributed by atoms with Gasteiger partial charge in [-0.3, -0.25) is 10.1 Å². The highest BCUT2D eigenvalue weighted by Gasteiger charge is 2.34. The fourth-order valence-corrected chi connectivity index (χ4v) is 3.20. The van der Waals surface area contributed by atoms with Gasteiger partial charge in [0.05, 0.1) is 12.1 Å². The second-order valence-corrected chi connectivity index (χ2v) is 6.33. The maximum Gasteiger partial charge on any atom is 0.229 e. The van der Waals surface area contributed by atoms with Crippen LogP contribution in [0.15, 0.2) is 36.4 Å². The van der Waals surface area contributed by atoms with Crippen LogP contribution in [0.5, 0.6) is 11.5 Å². The molecule has 130 valence electrons. The van der Waals surface area contributed by atoms with Gasteiger partial charge in [0.1, 0.15) is 6.61 Å². The summed E-state index contributed by atoms with van der Waals surface area (Å²) in [5.41, 5.74) is 3.41. The third-order valence-corrected chi connectivity index (χ3v) is 4.49. The largest absolute Gasteiger partial charge is 0.486 e. The van der Waals surface area contributed by atoms with E-state index in [0.717, 1.165) is 22.4 Å². The highest BCUT2D eigenvalue weighted by molar-refractivity contribution is 6.01. The zero-order chi connectivity index (χ0) is 17.4. The smallest absolute Gasteiger partial charge is 0.229 e. The number of fused-ring (bicyclic) bond motifs is 3. The molecule has 25 heavy (non-hydrogen) atoms. The lowest BCUT2D eigenvalue weighted by atomic mass is 10.1. The average molecular weight is 342 g/mol. The van der Waals surface area contributed by atoms with Crippen LogP contribution < -0.4 is 20.1 Å². The first-order chi connectivity index (χ1) is 12.1. The molecule has 2 aliphatic rings. The number of anilines is 1. The standard InChI is InChI=1S/C19H19FN2O3/c1-11-7-14-18(13-8-16(23)22-17(11)13)25-15(10-24-14)19(20)21-9-12-5-3-2-4-6-12/h2-7,15,19,21H,8-10H2,1H3,(H,22,23). The van der Waals surface area contributed by atoms with Gasteiger partial charge in [0.2, 0.25) is 5.91 Å². The van der Waals surface area contributed by atoms with Crippen LogP contribution >= 0.6 is 0 Å². The molecular weight excluding hydrogens is 323 g/mol. The molecule has 0 saturated heterocycles. The summed E-state index contributed by atoms with van der Waals surface area (Å²) in [4.78, 5) is 11.7. The van der Waals surface area contributed by atoms with Crippen molar-refractivity contribution >= 4 is 11.6 Å². The number of alkyl halides is 1. The van der Waals surface area contributed by atoms with Crippen molar-refractivity contribution in [1.82, 2.24) is 5.32 Å². The Morgan fingerprint density at radius 2 is 2.16 bits per heavy atom. The summed E-state index contributed by atoms with van der Waals surface area (Å²) in [6.45, 7) is 2.43. The van der Waals surface area contributed by atoms with Crippen molar-refractivity contribution < 1.29 is 18.7 Å². The van der Waals surface area contributed by atoms with Crippen LogP contribution in [-0.2, 0) is 17.8 Å². The Balaban J connectivity index is 1.49. The van der Waals surface area contributed by atoms with Gasteiger partial charge < -0.3 is 14.8 Å². The van der Waals surface area contributed by atoms with Crippen LogP contribution in [0.4, 0.5) is 10.1 Å². The molecule has 1 amide bonds. The lowest BCUT2D eigenvalue weighted by molar-refractivity contribution is -0.115. The van der Waals surface area contributed by atoms with Crippen molar-refractivity contribution in [3.05, 3.63) is 53.1 Å². The predicted molar refractivity (Wildman–Crippen MR) is 91.6 cm³/mol. The number of amides is 1. The van der Waals surface area contributed by atoms with Crippen LogP contribution in [0.2, 0.25) is 0 Å². The third-order valence-electron chi connectivity index (χ3n) is 4.49. The monoisotopic (exact) mass is 342 g/mol. The summed E-state index contributed by atoms with van der Waals surface area (Å²) in [5, 5.41) is 5.66. The second-order valence-electron chi connectivity index (χ2n) is 6.33. The van der Waals surface area contributed by atoms with E-state index in [-0.39, 0.29) is 18.9 Å². The maximum absolute atomic E-state index is 14.6. The van der Waals surface area contributed by atoms with Crippen LogP contribution in [0.3, 0.4) is 0 Å². The lowest BCUT2D eigenvalue weighted by Gasteiger charge is -2.30. The number of nitrogens with one attached hydrogen (secondary N) is 2. The van der Waals surface area contributed by atoms with Gasteiger partial charge in [-0.15, -0.1) is 0 Å². The molecular formula is C19H19FN2O3. The van der Waals surface area contributed by atoms with E-state index in [0.29, 0.717) is 18.0 Å². The zero-order valence-corrected chi connectivity index (χ0v) is 13.8. The molecule has 5 nitrogen and oxygen atoms in total. The molecule has 0 radical (unpaired) electrons. The number of ether oxygens (including phenoxy) is 2. The molecule has 2 unspecified atom stereocenters. The fourth-order valence-electron chi connectivity index (χ4n) is 3.20. The summed E-state index contributed by atoms with van der Waals surface area (Å²) in [5.74, 6) is 0.954. The van der Waals surface area contributed by atoms with Crippen molar-refractivity contribution in [2.75, 3.05) is 11.9 Å². The number of carbonyl (C=O) groups is 1. The molecule has 0 fully saturated rings. The molecule has 2 atom stereocenters. The van der Waals surface area contributed by atoms with Crippen molar-refractivity contribution in [2.24, 2.45) is 0 Å². The molecule has 2 aromatic rings. The first kappa shape index (κ1) is 15.9. The van der Waals surface area contributed by atoms with Crippen molar-refractivity contribution in [1.29, 1.82) is 0 Å². The number of hydrogen-bond acceptors (Lipinski definition) is 4. The number of halogens is 1. The minimum Gasteiger partial charge on any atom is -0.486 e. The van der Waals surface area contributed by atoms with Gasteiger partial charge in [0, 0.05) is 12.1 Å². The molecule has 0 bridgehead atoms. The molecule has 0 aliphatic carbocycles. The zero-order valence-electron chi connectivity index (χ0n) is 13.8. The summed E-state index contributed by atoms with van der Waals surface area (Å²) in [6, 6.07) is 11.4. The van der Waals surface area contributed by atoms with Crippen molar-refractivity contribution in [3.8, 4) is 11.5 Å². The lowest BCUT2D eigenvalue weighted by Crippen LogP contribution is -2.45. The molecule has 0 saturated carbocycles. The first-order valence-corrected chi connectivity index (χ1v) is 8.29. The van der Waals surface area contributed by atoms with Crippen LogP contribution in [-0.4, -0.2) is 24.9 Å². The number of rotatable bonds is 4. The van der Waals surface area contributed by atoms with E-state index in [1.807, 2.05) is 43.3 Å². The third kappa shape index (κ3) is 3.05. The molecule has 0 spiro atoms. The summed E-state index contributed by atoms with van der Waals surface area (Å²) in [6.07, 6.45) is -1.92. The predicted octanol–water partition coefficient (Wildman–Crippen LogP) is 2.71. The minimum absolute atomic E-state index is 0.0868. The molecule has 2 aliphatic heterocycles. The van der Waals surface area contributed by atoms with E-state index in [1.54, 1.807) is 0 Å². The number of carbonyl (C=O) groups excluding carboxylic acids is 1. The number of aryl methyl sites for hydroxylation is 1. The van der Waals surface area contributed by atoms with Crippen molar-refractivity contribution in [2.45, 2.75) is 32.3 Å². The normalized spacial score (nSPS) is 19.3. The first-order valence-electron chi connectivity index (χ1n) is 8.29. The molecule has 4 rings (SSSR count). The Morgan fingerprint density at radius 3 is 2.96 bits per heavy atom. The van der Waals surface area contributed by atoms with Gasteiger partial charge >= 0.3 is 0 Å². The van der Waals surface area contributed by atoms with Gasteiger partial charge in [-0.1, -0.05) is 30.3 Å². The Morgan fingerprint density at radius 1 is 1.36 bits per heavy atom. The Bertz CT molecular complexity index is 810. The SMILES string of the molecule is Cc1cc2c(c3c1NC(=O)C3)OC(C(F)NCc1ccccc1)CO2. The van der Waals surface area contributed by atoms with Crippen molar-refractivity contribution in [3.63, 3.8) is 0 Å². The Kier molecular flexibility index (Phi) is 4.05. The highest BCUT2D eigenvalue weighted by atomic mass is 19.1. The molecule has 2 aromatic carbocycles. The van der Waals surface area contributed by atoms with Gasteiger partial charge in [-0.2, -0.15) is 0 Å². The summed E-state index contributed by atoms with van der Waals surface area (Å²) >= 11 is 0. The fraction of sp³-hybridized carbons (Fsp3) is 0.316. The minimum atomic E-state index is -1.38. The van der Waals surface area contributed by atoms with E-state index in [9.17, 15) is 9.18 Å². The van der Waals surface area contributed by atoms with Gasteiger partial charge in [-0.25, -0.2) is 4.39 Å². The number of benzene rings is 2. The number of hydrogen-bond donors (Lipinski definition) is 2.